The molecule has 0 N–H and O–H groups in total. The van der Waals surface area contributed by atoms with E-state index in [1.54, 1.807) is 11.3 Å². The molecule has 0 saturated heterocycles. The van der Waals surface area contributed by atoms with Crippen LogP contribution in [0.5, 0.6) is 0 Å². The largest absolute Gasteiger partial charge is 0.441 e. The van der Waals surface area contributed by atoms with Gasteiger partial charge in [-0.15, -0.1) is 0 Å². The summed E-state index contributed by atoms with van der Waals surface area (Å²) in [5.74, 6) is 1.66. The highest BCUT2D eigenvalue weighted by Crippen LogP contribution is 2.32. The van der Waals surface area contributed by atoms with Crippen LogP contribution in [0.3, 0.4) is 0 Å². The minimum absolute atomic E-state index is 0.653. The first-order valence-corrected chi connectivity index (χ1v) is 9.69. The maximum Gasteiger partial charge on any atom is 0.227 e. The molecule has 0 aliphatic heterocycles. The molecule has 1 aliphatic carbocycles. The zero-order valence-electron chi connectivity index (χ0n) is 15.2. The number of nitrogens with zero attached hydrogens (tertiary/aromatic N) is 4. The zero-order valence-corrected chi connectivity index (χ0v) is 16.1. The summed E-state index contributed by atoms with van der Waals surface area (Å²) in [7, 11) is 2.02. The van der Waals surface area contributed by atoms with E-state index in [0.29, 0.717) is 6.04 Å². The molecule has 0 radical (unpaired) electrons. The molecule has 0 amide bonds. The molecule has 0 spiro atoms. The van der Waals surface area contributed by atoms with Crippen LogP contribution in [0.15, 0.2) is 21.2 Å². The summed E-state index contributed by atoms with van der Waals surface area (Å²) in [5.41, 5.74) is 5.83. The highest BCUT2D eigenvalue weighted by atomic mass is 32.1. The van der Waals surface area contributed by atoms with E-state index in [-0.39, 0.29) is 0 Å². The summed E-state index contributed by atoms with van der Waals surface area (Å²) >= 11 is 1.67. The first kappa shape index (κ1) is 16.5. The maximum absolute atomic E-state index is 5.91. The van der Waals surface area contributed by atoms with Crippen molar-refractivity contribution in [3.63, 3.8) is 0 Å². The molecular formula is C19H24N4OS. The normalized spacial score (nSPS) is 14.6. The second kappa shape index (κ2) is 6.42. The maximum atomic E-state index is 5.91. The molecule has 0 atom stereocenters. The van der Waals surface area contributed by atoms with Crippen LogP contribution in [-0.2, 0) is 20.1 Å². The van der Waals surface area contributed by atoms with Crippen LogP contribution in [0, 0.1) is 20.8 Å². The highest BCUT2D eigenvalue weighted by Gasteiger charge is 2.31. The lowest BCUT2D eigenvalue weighted by molar-refractivity contribution is 0.241. The molecule has 3 aromatic rings. The molecule has 25 heavy (non-hydrogen) atoms. The number of hydrogen-bond donors (Lipinski definition) is 0. The van der Waals surface area contributed by atoms with Gasteiger partial charge in [-0.2, -0.15) is 16.4 Å². The van der Waals surface area contributed by atoms with Crippen molar-refractivity contribution in [2.75, 3.05) is 0 Å². The van der Waals surface area contributed by atoms with Crippen molar-refractivity contribution < 1.29 is 4.42 Å². The molecule has 1 fully saturated rings. The van der Waals surface area contributed by atoms with Crippen molar-refractivity contribution in [2.45, 2.75) is 52.7 Å². The monoisotopic (exact) mass is 356 g/mol. The average Bonchev–Trinajstić information content (AvgIpc) is 3.06. The minimum Gasteiger partial charge on any atom is -0.441 e. The van der Waals surface area contributed by atoms with Gasteiger partial charge in [0, 0.05) is 48.4 Å². The van der Waals surface area contributed by atoms with Gasteiger partial charge in [0.15, 0.2) is 0 Å². The topological polar surface area (TPSA) is 47.1 Å². The van der Waals surface area contributed by atoms with E-state index < -0.39 is 0 Å². The molecule has 0 aromatic carbocycles. The summed E-state index contributed by atoms with van der Waals surface area (Å²) < 4.78 is 7.89. The first-order chi connectivity index (χ1) is 12.0. The number of rotatable bonds is 6. The van der Waals surface area contributed by atoms with Crippen LogP contribution in [0.2, 0.25) is 0 Å². The average molecular weight is 356 g/mol. The molecule has 3 aromatic heterocycles. The van der Waals surface area contributed by atoms with Gasteiger partial charge in [0.2, 0.25) is 5.89 Å². The van der Waals surface area contributed by atoms with Crippen LogP contribution in [-0.4, -0.2) is 25.7 Å². The predicted octanol–water partition coefficient (Wildman–Crippen LogP) is 4.23. The van der Waals surface area contributed by atoms with Gasteiger partial charge in [0.1, 0.15) is 5.76 Å². The Balaban J connectivity index is 1.57. The number of hydrogen-bond acceptors (Lipinski definition) is 5. The predicted molar refractivity (Wildman–Crippen MR) is 99.5 cm³/mol. The van der Waals surface area contributed by atoms with Crippen molar-refractivity contribution in [3.8, 4) is 11.5 Å². The third-order valence-electron chi connectivity index (χ3n) is 5.10. The van der Waals surface area contributed by atoms with Gasteiger partial charge in [0.25, 0.3) is 0 Å². The second-order valence-electron chi connectivity index (χ2n) is 6.94. The van der Waals surface area contributed by atoms with Gasteiger partial charge in [-0.3, -0.25) is 9.58 Å². The van der Waals surface area contributed by atoms with Gasteiger partial charge in [-0.05, 0) is 45.1 Å². The number of aryl methyl sites for hydroxylation is 3. The van der Waals surface area contributed by atoms with Crippen molar-refractivity contribution >= 4 is 11.3 Å². The van der Waals surface area contributed by atoms with Crippen LogP contribution < -0.4 is 0 Å². The molecule has 5 nitrogen and oxygen atoms in total. The van der Waals surface area contributed by atoms with E-state index in [9.17, 15) is 0 Å². The molecule has 132 valence electrons. The SMILES string of the molecule is Cc1nn(C)c(C)c1CN(Cc1nc(-c2ccsc2)oc1C)C1CC1. The van der Waals surface area contributed by atoms with Gasteiger partial charge >= 0.3 is 0 Å². The molecule has 0 unspecified atom stereocenters. The van der Waals surface area contributed by atoms with Crippen LogP contribution in [0.1, 0.15) is 41.2 Å². The van der Waals surface area contributed by atoms with Gasteiger partial charge in [-0.1, -0.05) is 0 Å². The van der Waals surface area contributed by atoms with E-state index in [2.05, 4.69) is 40.7 Å². The highest BCUT2D eigenvalue weighted by molar-refractivity contribution is 7.08. The van der Waals surface area contributed by atoms with Crippen LogP contribution in [0.4, 0.5) is 0 Å². The molecule has 4 rings (SSSR count). The number of aromatic nitrogens is 3. The van der Waals surface area contributed by atoms with Gasteiger partial charge in [0.05, 0.1) is 11.4 Å². The number of thiophene rings is 1. The zero-order chi connectivity index (χ0) is 17.6. The second-order valence-corrected chi connectivity index (χ2v) is 7.72. The Bertz CT molecular complexity index is 874. The Morgan fingerprint density at radius 3 is 2.68 bits per heavy atom. The molecular weight excluding hydrogens is 332 g/mol. The quantitative estimate of drug-likeness (QED) is 0.663. The van der Waals surface area contributed by atoms with E-state index in [1.165, 1.54) is 24.1 Å². The van der Waals surface area contributed by atoms with Gasteiger partial charge in [-0.25, -0.2) is 4.98 Å². The number of oxazole rings is 1. The van der Waals surface area contributed by atoms with Crippen molar-refractivity contribution in [1.29, 1.82) is 0 Å². The lowest BCUT2D eigenvalue weighted by Crippen LogP contribution is -2.26. The third-order valence-corrected chi connectivity index (χ3v) is 5.78. The van der Waals surface area contributed by atoms with Crippen molar-refractivity contribution in [2.24, 2.45) is 7.05 Å². The lowest BCUT2D eigenvalue weighted by atomic mass is 10.1. The third kappa shape index (κ3) is 3.28. The summed E-state index contributed by atoms with van der Waals surface area (Å²) in [4.78, 5) is 7.30. The van der Waals surface area contributed by atoms with E-state index >= 15 is 0 Å². The summed E-state index contributed by atoms with van der Waals surface area (Å²) in [6.07, 6.45) is 2.54. The Morgan fingerprint density at radius 2 is 2.08 bits per heavy atom. The molecule has 1 aliphatic rings. The lowest BCUT2D eigenvalue weighted by Gasteiger charge is -2.21. The minimum atomic E-state index is 0.653. The fourth-order valence-corrected chi connectivity index (χ4v) is 3.91. The Kier molecular flexibility index (Phi) is 4.25. The summed E-state index contributed by atoms with van der Waals surface area (Å²) in [5, 5.41) is 8.70. The summed E-state index contributed by atoms with van der Waals surface area (Å²) in [6, 6.07) is 2.71. The molecule has 3 heterocycles. The summed E-state index contributed by atoms with van der Waals surface area (Å²) in [6.45, 7) is 8.03. The Morgan fingerprint density at radius 1 is 1.28 bits per heavy atom. The standard InChI is InChI=1S/C19H24N4OS/c1-12-17(13(2)22(4)21-12)9-23(16-5-6-16)10-18-14(3)24-19(20-18)15-7-8-25-11-15/h7-8,11,16H,5-6,9-10H2,1-4H3. The van der Waals surface area contributed by atoms with E-state index in [1.807, 2.05) is 18.7 Å². The Hall–Kier alpha value is -1.92. The molecule has 1 saturated carbocycles. The first-order valence-electron chi connectivity index (χ1n) is 8.75. The Labute approximate surface area is 152 Å². The molecule has 0 bridgehead atoms. The fraction of sp³-hybridized carbons (Fsp3) is 0.474. The smallest absolute Gasteiger partial charge is 0.227 e. The van der Waals surface area contributed by atoms with E-state index in [4.69, 9.17) is 9.40 Å². The molecule has 6 heteroatoms. The van der Waals surface area contributed by atoms with Crippen LogP contribution in [0.25, 0.3) is 11.5 Å². The fourth-order valence-electron chi connectivity index (χ4n) is 3.28. The van der Waals surface area contributed by atoms with E-state index in [0.717, 1.165) is 41.7 Å². The van der Waals surface area contributed by atoms with Crippen molar-refractivity contribution in [1.82, 2.24) is 19.7 Å². The van der Waals surface area contributed by atoms with Crippen LogP contribution >= 0.6 is 11.3 Å². The van der Waals surface area contributed by atoms with Gasteiger partial charge < -0.3 is 4.42 Å². The van der Waals surface area contributed by atoms with Crippen molar-refractivity contribution in [3.05, 3.63) is 45.2 Å².